The molecule has 0 bridgehead atoms. The molecule has 0 saturated carbocycles. The smallest absolute Gasteiger partial charge is 0.394 e. The first-order chi connectivity index (χ1) is 14.5. The predicted octanol–water partition coefficient (Wildman–Crippen LogP) is 5.52. The average Bonchev–Trinajstić information content (AvgIpc) is 2.69. The fraction of sp³-hybridized carbons (Fsp3) is 0.273. The van der Waals surface area contributed by atoms with Crippen LogP contribution in [0.1, 0.15) is 29.7 Å². The normalized spacial score (nSPS) is 12.7. The van der Waals surface area contributed by atoms with E-state index in [1.807, 2.05) is 36.6 Å². The van der Waals surface area contributed by atoms with E-state index in [0.717, 1.165) is 33.5 Å². The number of pyridine rings is 1. The molecule has 0 fully saturated rings. The number of aliphatic hydroxyl groups is 1. The molecule has 0 saturated heterocycles. The van der Waals surface area contributed by atoms with Crippen molar-refractivity contribution in [2.45, 2.75) is 32.5 Å². The Bertz CT molecular complexity index is 1200. The van der Waals surface area contributed by atoms with E-state index >= 15 is 0 Å². The predicted molar refractivity (Wildman–Crippen MR) is 114 cm³/mol. The van der Waals surface area contributed by atoms with Crippen LogP contribution in [0.2, 0.25) is 0 Å². The second kappa shape index (κ2) is 8.81. The summed E-state index contributed by atoms with van der Waals surface area (Å²) in [6, 6.07) is 7.82. The van der Waals surface area contributed by atoms with Gasteiger partial charge in [-0.15, -0.1) is 0 Å². The van der Waals surface area contributed by atoms with Crippen LogP contribution in [0.15, 0.2) is 42.6 Å². The van der Waals surface area contributed by atoms with Crippen molar-refractivity contribution in [3.05, 3.63) is 70.2 Å². The Hall–Kier alpha value is -2.70. The number of benzene rings is 2. The van der Waals surface area contributed by atoms with Gasteiger partial charge in [0.2, 0.25) is 5.91 Å². The van der Waals surface area contributed by atoms with Crippen LogP contribution < -0.4 is 5.32 Å². The van der Waals surface area contributed by atoms with Gasteiger partial charge in [0.25, 0.3) is 0 Å². The molecule has 3 rings (SSSR count). The van der Waals surface area contributed by atoms with Crippen LogP contribution in [0.4, 0.5) is 23.2 Å². The topological polar surface area (TPSA) is 54.3 Å². The van der Waals surface area contributed by atoms with Crippen molar-refractivity contribution in [1.29, 1.82) is 0 Å². The second-order valence-electron chi connectivity index (χ2n) is 7.36. The number of hydrogen-bond donors (Lipinski definition) is 2. The quantitative estimate of drug-likeness (QED) is 0.396. The molecule has 4 nitrogen and oxygen atoms in total. The van der Waals surface area contributed by atoms with Gasteiger partial charge in [-0.25, -0.2) is 4.39 Å². The lowest BCUT2D eigenvalue weighted by Crippen LogP contribution is -2.17. The zero-order valence-corrected chi connectivity index (χ0v) is 17.8. The van der Waals surface area contributed by atoms with Crippen LogP contribution in [0, 0.1) is 17.8 Å². The number of aromatic nitrogens is 1. The molecule has 2 N–H and O–H groups in total. The maximum Gasteiger partial charge on any atom is 0.419 e. The number of aliphatic hydroxyl groups excluding tert-OH is 1. The van der Waals surface area contributed by atoms with Gasteiger partial charge in [-0.2, -0.15) is 13.2 Å². The van der Waals surface area contributed by atoms with Crippen LogP contribution >= 0.6 is 8.86 Å². The molecule has 1 heterocycles. The van der Waals surface area contributed by atoms with Gasteiger partial charge in [0, 0.05) is 17.0 Å². The fourth-order valence-electron chi connectivity index (χ4n) is 3.37. The zero-order valence-electron chi connectivity index (χ0n) is 16.8. The minimum atomic E-state index is -4.79. The van der Waals surface area contributed by atoms with Gasteiger partial charge in [0.15, 0.2) is 0 Å². The third-order valence-electron chi connectivity index (χ3n) is 5.08. The van der Waals surface area contributed by atoms with Crippen LogP contribution in [-0.4, -0.2) is 22.2 Å². The number of carbonyl (C=O) groups is 1. The number of nitrogens with zero attached hydrogens (tertiary/aromatic N) is 1. The number of rotatable bonds is 5. The molecular formula is C22H21F4N2O2P. The summed E-state index contributed by atoms with van der Waals surface area (Å²) in [6.45, 7) is 3.62. The highest BCUT2D eigenvalue weighted by atomic mass is 31.0. The van der Waals surface area contributed by atoms with Crippen molar-refractivity contribution in [2.24, 2.45) is 0 Å². The number of nitrogens with one attached hydrogen (secondary N) is 1. The molecule has 0 radical (unpaired) electrons. The molecule has 164 valence electrons. The summed E-state index contributed by atoms with van der Waals surface area (Å²) in [7, 11) is 3.60. The Morgan fingerprint density at radius 3 is 2.52 bits per heavy atom. The van der Waals surface area contributed by atoms with E-state index in [0.29, 0.717) is 11.8 Å². The van der Waals surface area contributed by atoms with Gasteiger partial charge < -0.3 is 15.0 Å². The van der Waals surface area contributed by atoms with Crippen molar-refractivity contribution < 1.29 is 27.5 Å². The minimum absolute atomic E-state index is 0.0488. The van der Waals surface area contributed by atoms with E-state index in [1.165, 1.54) is 0 Å². The van der Waals surface area contributed by atoms with Crippen molar-refractivity contribution in [1.82, 2.24) is 4.57 Å². The third-order valence-corrected chi connectivity index (χ3v) is 5.60. The molecule has 31 heavy (non-hydrogen) atoms. The summed E-state index contributed by atoms with van der Waals surface area (Å²) >= 11 is 0. The lowest BCUT2D eigenvalue weighted by atomic mass is 10.0. The van der Waals surface area contributed by atoms with Crippen LogP contribution in [0.25, 0.3) is 10.8 Å². The Morgan fingerprint density at radius 1 is 1.19 bits per heavy atom. The number of carbonyl (C=O) groups excluding carboxylic acids is 1. The van der Waals surface area contributed by atoms with Crippen LogP contribution in [0.3, 0.4) is 0 Å². The van der Waals surface area contributed by atoms with Crippen molar-refractivity contribution >= 4 is 31.2 Å². The SMILES string of the molecule is Cc1ccc2c(=P)n([C@@H](C)CO)ccc2c1NC(=O)Cc1ccc(C(F)(F)F)c(F)c1. The van der Waals surface area contributed by atoms with E-state index < -0.39 is 23.5 Å². The van der Waals surface area contributed by atoms with E-state index in [2.05, 4.69) is 14.2 Å². The Balaban J connectivity index is 1.90. The number of fused-ring (bicyclic) bond motifs is 1. The first kappa shape index (κ1) is 23.0. The summed E-state index contributed by atoms with van der Waals surface area (Å²) in [5.74, 6) is -1.89. The number of halogens is 4. The Labute approximate surface area is 178 Å². The molecule has 1 aromatic heterocycles. The number of anilines is 1. The monoisotopic (exact) mass is 452 g/mol. The van der Waals surface area contributed by atoms with E-state index in [1.54, 1.807) is 6.20 Å². The maximum atomic E-state index is 13.8. The number of amides is 1. The molecule has 0 spiro atoms. The zero-order chi connectivity index (χ0) is 22.9. The van der Waals surface area contributed by atoms with Gasteiger partial charge in [0.1, 0.15) is 5.82 Å². The number of aryl methyl sites for hydroxylation is 1. The standard InChI is InChI=1S/C22H21F4N2O2P/c1-12-3-5-16-15(7-8-28(21(16)31)13(2)11-29)20(12)27-19(30)10-14-4-6-17(18(23)9-14)22(24,25)26/h3-9,13,29,31H,10-11H2,1-2H3,(H,27,30)/t13-/m0/s1. The third kappa shape index (κ3) is 4.81. The van der Waals surface area contributed by atoms with Gasteiger partial charge in [-0.05, 0) is 43.2 Å². The molecule has 1 atom stereocenters. The molecule has 0 aliphatic heterocycles. The summed E-state index contributed by atoms with van der Waals surface area (Å²) < 4.78 is 53.8. The second-order valence-corrected chi connectivity index (χ2v) is 7.83. The lowest BCUT2D eigenvalue weighted by Gasteiger charge is -2.18. The summed E-state index contributed by atoms with van der Waals surface area (Å²) in [4.78, 5) is 12.6. The highest BCUT2D eigenvalue weighted by Gasteiger charge is 2.33. The molecule has 2 aromatic carbocycles. The van der Waals surface area contributed by atoms with E-state index in [-0.39, 0.29) is 24.6 Å². The van der Waals surface area contributed by atoms with E-state index in [4.69, 9.17) is 0 Å². The molecule has 0 aliphatic rings. The molecule has 3 aromatic rings. The van der Waals surface area contributed by atoms with Gasteiger partial charge in [0.05, 0.1) is 35.4 Å². The van der Waals surface area contributed by atoms with Crippen molar-refractivity contribution in [2.75, 3.05) is 11.9 Å². The largest absolute Gasteiger partial charge is 0.419 e. The Morgan fingerprint density at radius 2 is 1.90 bits per heavy atom. The average molecular weight is 452 g/mol. The summed E-state index contributed by atoms with van der Waals surface area (Å²) in [6.07, 6.45) is -3.28. The van der Waals surface area contributed by atoms with E-state index in [9.17, 15) is 27.5 Å². The van der Waals surface area contributed by atoms with Gasteiger partial charge in [-0.1, -0.05) is 27.1 Å². The highest BCUT2D eigenvalue weighted by molar-refractivity contribution is 7.07. The molecule has 0 aliphatic carbocycles. The van der Waals surface area contributed by atoms with Crippen LogP contribution in [0.5, 0.6) is 0 Å². The fourth-order valence-corrected chi connectivity index (χ4v) is 3.88. The molecule has 9 heteroatoms. The van der Waals surface area contributed by atoms with Gasteiger partial charge >= 0.3 is 6.18 Å². The number of hydrogen-bond acceptors (Lipinski definition) is 2. The van der Waals surface area contributed by atoms with Gasteiger partial charge in [-0.3, -0.25) is 4.79 Å². The highest BCUT2D eigenvalue weighted by Crippen LogP contribution is 2.32. The molecule has 0 unspecified atom stereocenters. The number of alkyl halides is 3. The molecular weight excluding hydrogens is 431 g/mol. The molecule has 1 amide bonds. The summed E-state index contributed by atoms with van der Waals surface area (Å²) in [5, 5.41) is 14.5. The van der Waals surface area contributed by atoms with Crippen molar-refractivity contribution in [3.8, 4) is 0 Å². The minimum Gasteiger partial charge on any atom is -0.394 e. The van der Waals surface area contributed by atoms with Crippen LogP contribution in [-0.2, 0) is 17.4 Å². The van der Waals surface area contributed by atoms with Crippen molar-refractivity contribution in [3.63, 3.8) is 0 Å². The first-order valence-corrected chi connectivity index (χ1v) is 9.98. The Kier molecular flexibility index (Phi) is 6.53. The summed E-state index contributed by atoms with van der Waals surface area (Å²) in [5.41, 5.74) is 0.115. The maximum absolute atomic E-state index is 13.8. The lowest BCUT2D eigenvalue weighted by molar-refractivity contribution is -0.140. The first-order valence-electron chi connectivity index (χ1n) is 9.48.